The van der Waals surface area contributed by atoms with Crippen LogP contribution in [0.4, 0.5) is 0 Å². The van der Waals surface area contributed by atoms with Gasteiger partial charge in [0, 0.05) is 39.4 Å². The van der Waals surface area contributed by atoms with Crippen molar-refractivity contribution < 1.29 is 8.95 Å². The van der Waals surface area contributed by atoms with E-state index in [2.05, 4.69) is 25.2 Å². The molecule has 1 rings (SSSR count). The molecule has 0 heterocycles. The average molecular weight is 297 g/mol. The first-order chi connectivity index (χ1) is 9.25. The predicted molar refractivity (Wildman–Crippen MR) is 86.9 cm³/mol. The molecule has 0 fully saturated rings. The highest BCUT2D eigenvalue weighted by atomic mass is 32.2. The highest BCUT2D eigenvalue weighted by Crippen LogP contribution is 2.25. The molecule has 2 atom stereocenters. The molecule has 0 aliphatic carbocycles. The maximum absolute atomic E-state index is 12.0. The van der Waals surface area contributed by atoms with Gasteiger partial charge in [0.05, 0.1) is 7.11 Å². The van der Waals surface area contributed by atoms with Crippen LogP contribution in [0.25, 0.3) is 0 Å². The number of nitrogens with one attached hydrogen (secondary N) is 1. The maximum Gasteiger partial charge on any atom is 0.123 e. The Hall–Kier alpha value is -0.870. The number of hydrogen-bond acceptors (Lipinski definition) is 3. The van der Waals surface area contributed by atoms with Crippen LogP contribution >= 0.6 is 0 Å². The molecule has 0 bridgehead atoms. The molecule has 114 valence electrons. The smallest absolute Gasteiger partial charge is 0.123 e. The lowest BCUT2D eigenvalue weighted by Gasteiger charge is -2.20. The van der Waals surface area contributed by atoms with Crippen molar-refractivity contribution in [1.29, 1.82) is 0 Å². The first-order valence-corrected chi connectivity index (χ1v) is 8.34. The quantitative estimate of drug-likeness (QED) is 0.876. The molecule has 1 aromatic carbocycles. The molecule has 0 saturated carbocycles. The van der Waals surface area contributed by atoms with Gasteiger partial charge in [-0.2, -0.15) is 0 Å². The maximum atomic E-state index is 12.0. The minimum atomic E-state index is -0.815. The minimum Gasteiger partial charge on any atom is -0.496 e. The van der Waals surface area contributed by atoms with Gasteiger partial charge in [-0.05, 0) is 40.7 Å². The van der Waals surface area contributed by atoms with Gasteiger partial charge in [0.2, 0.25) is 0 Å². The largest absolute Gasteiger partial charge is 0.496 e. The highest BCUT2D eigenvalue weighted by molar-refractivity contribution is 7.86. The first kappa shape index (κ1) is 17.2. The Morgan fingerprint density at radius 2 is 2.00 bits per heavy atom. The lowest BCUT2D eigenvalue weighted by atomic mass is 10.0. The van der Waals surface area contributed by atoms with E-state index in [-0.39, 0.29) is 10.8 Å². The summed E-state index contributed by atoms with van der Waals surface area (Å²) in [6.07, 6.45) is 0. The summed E-state index contributed by atoms with van der Waals surface area (Å²) < 4.78 is 17.3. The fourth-order valence-corrected chi connectivity index (χ4v) is 2.89. The average Bonchev–Trinajstić information content (AvgIpc) is 2.37. The van der Waals surface area contributed by atoms with E-state index < -0.39 is 10.8 Å². The molecule has 1 N–H and O–H groups in total. The fraction of sp³-hybridized carbons (Fsp3) is 0.625. The molecule has 0 radical (unpaired) electrons. The zero-order valence-corrected chi connectivity index (χ0v) is 14.3. The Labute approximate surface area is 125 Å². The summed E-state index contributed by atoms with van der Waals surface area (Å²) >= 11 is 0. The van der Waals surface area contributed by atoms with Crippen molar-refractivity contribution in [2.45, 2.75) is 45.4 Å². The van der Waals surface area contributed by atoms with Crippen molar-refractivity contribution in [2.24, 2.45) is 0 Å². The summed E-state index contributed by atoms with van der Waals surface area (Å²) in [5.41, 5.74) is 2.36. The van der Waals surface area contributed by atoms with Gasteiger partial charge in [-0.25, -0.2) is 0 Å². The van der Waals surface area contributed by atoms with Crippen LogP contribution in [0.3, 0.4) is 0 Å². The van der Waals surface area contributed by atoms with Crippen LogP contribution in [-0.4, -0.2) is 28.4 Å². The van der Waals surface area contributed by atoms with E-state index >= 15 is 0 Å². The Bertz CT molecular complexity index is 466. The molecule has 4 heteroatoms. The Balaban J connectivity index is 2.61. The van der Waals surface area contributed by atoms with E-state index in [4.69, 9.17) is 4.74 Å². The van der Waals surface area contributed by atoms with Crippen LogP contribution in [0, 0.1) is 6.92 Å². The lowest BCUT2D eigenvalue weighted by Crippen LogP contribution is -2.31. The lowest BCUT2D eigenvalue weighted by molar-refractivity contribution is 0.402. The van der Waals surface area contributed by atoms with Crippen molar-refractivity contribution in [2.75, 3.05) is 19.4 Å². The third-order valence-corrected chi connectivity index (χ3v) is 5.21. The fourth-order valence-electron chi connectivity index (χ4n) is 1.98. The first-order valence-electron chi connectivity index (χ1n) is 7.02. The number of benzene rings is 1. The second-order valence-corrected chi connectivity index (χ2v) is 8.41. The number of aryl methyl sites for hydroxylation is 1. The standard InChI is InChI=1S/C16H27NO2S/c1-12-7-8-15(19-6)14(11-12)13(2)17-9-10-20(18)16(3,4)5/h7-8,11,13,17H,9-10H2,1-6H3/t13-,20+/m1/s1. The molecule has 0 aromatic heterocycles. The van der Waals surface area contributed by atoms with E-state index in [1.165, 1.54) is 5.56 Å². The summed E-state index contributed by atoms with van der Waals surface area (Å²) in [6, 6.07) is 6.36. The van der Waals surface area contributed by atoms with Gasteiger partial charge >= 0.3 is 0 Å². The van der Waals surface area contributed by atoms with Crippen LogP contribution in [0.5, 0.6) is 5.75 Å². The van der Waals surface area contributed by atoms with E-state index in [0.29, 0.717) is 5.75 Å². The van der Waals surface area contributed by atoms with Gasteiger partial charge in [-0.1, -0.05) is 17.7 Å². The van der Waals surface area contributed by atoms with Gasteiger partial charge < -0.3 is 10.1 Å². The third-order valence-electron chi connectivity index (χ3n) is 3.27. The van der Waals surface area contributed by atoms with Crippen LogP contribution in [-0.2, 0) is 10.8 Å². The minimum absolute atomic E-state index is 0.147. The van der Waals surface area contributed by atoms with Crippen molar-refractivity contribution in [3.05, 3.63) is 29.3 Å². The van der Waals surface area contributed by atoms with Gasteiger partial charge in [0.1, 0.15) is 5.75 Å². The second-order valence-electron chi connectivity index (χ2n) is 6.08. The Kier molecular flexibility index (Phi) is 6.21. The van der Waals surface area contributed by atoms with Crippen molar-refractivity contribution in [1.82, 2.24) is 5.32 Å². The summed E-state index contributed by atoms with van der Waals surface area (Å²) in [5.74, 6) is 1.56. The molecule has 0 aliphatic heterocycles. The van der Waals surface area contributed by atoms with E-state index in [1.54, 1.807) is 7.11 Å². The third kappa shape index (κ3) is 4.91. The predicted octanol–water partition coefficient (Wildman–Crippen LogP) is 3.20. The zero-order valence-electron chi connectivity index (χ0n) is 13.4. The van der Waals surface area contributed by atoms with Gasteiger partial charge in [-0.15, -0.1) is 0 Å². The van der Waals surface area contributed by atoms with Crippen LogP contribution in [0.2, 0.25) is 0 Å². The van der Waals surface area contributed by atoms with Crippen molar-refractivity contribution in [3.8, 4) is 5.75 Å². The molecular formula is C16H27NO2S. The number of ether oxygens (including phenoxy) is 1. The Morgan fingerprint density at radius 3 is 2.55 bits per heavy atom. The molecule has 1 aromatic rings. The molecular weight excluding hydrogens is 270 g/mol. The van der Waals surface area contributed by atoms with Gasteiger partial charge in [-0.3, -0.25) is 4.21 Å². The van der Waals surface area contributed by atoms with Gasteiger partial charge in [0.15, 0.2) is 0 Å². The number of hydrogen-bond donors (Lipinski definition) is 1. The summed E-state index contributed by atoms with van der Waals surface area (Å²) in [5, 5.41) is 3.43. The summed E-state index contributed by atoms with van der Waals surface area (Å²) in [7, 11) is 0.875. The molecule has 3 nitrogen and oxygen atoms in total. The van der Waals surface area contributed by atoms with E-state index in [9.17, 15) is 4.21 Å². The SMILES string of the molecule is COc1ccc(C)cc1[C@@H](C)NCC[S@](=O)C(C)(C)C. The molecule has 0 unspecified atom stereocenters. The molecule has 0 aliphatic rings. The molecule has 0 amide bonds. The second kappa shape index (κ2) is 7.23. The number of methoxy groups -OCH3 is 1. The van der Waals surface area contributed by atoms with E-state index in [1.807, 2.05) is 32.9 Å². The molecule has 20 heavy (non-hydrogen) atoms. The monoisotopic (exact) mass is 297 g/mol. The van der Waals surface area contributed by atoms with Gasteiger partial charge in [0.25, 0.3) is 0 Å². The molecule has 0 saturated heterocycles. The van der Waals surface area contributed by atoms with Crippen molar-refractivity contribution in [3.63, 3.8) is 0 Å². The van der Waals surface area contributed by atoms with Crippen LogP contribution in [0.15, 0.2) is 18.2 Å². The summed E-state index contributed by atoms with van der Waals surface area (Å²) in [6.45, 7) is 11.0. The van der Waals surface area contributed by atoms with Crippen LogP contribution < -0.4 is 10.1 Å². The van der Waals surface area contributed by atoms with Crippen molar-refractivity contribution >= 4 is 10.8 Å². The van der Waals surface area contributed by atoms with E-state index in [0.717, 1.165) is 17.9 Å². The molecule has 0 spiro atoms. The topological polar surface area (TPSA) is 38.3 Å². The highest BCUT2D eigenvalue weighted by Gasteiger charge is 2.19. The zero-order chi connectivity index (χ0) is 15.3. The normalized spacial score (nSPS) is 14.9. The van der Waals surface area contributed by atoms with Crippen LogP contribution in [0.1, 0.15) is 44.9 Å². The number of rotatable bonds is 6. The summed E-state index contributed by atoms with van der Waals surface area (Å²) in [4.78, 5) is 0. The Morgan fingerprint density at radius 1 is 1.35 bits per heavy atom.